The monoisotopic (exact) mass is 349 g/mol. The fourth-order valence-corrected chi connectivity index (χ4v) is 3.45. The summed E-state index contributed by atoms with van der Waals surface area (Å²) in [5.41, 5.74) is 0.568. The van der Waals surface area contributed by atoms with Crippen molar-refractivity contribution in [3.63, 3.8) is 0 Å². The normalized spacial score (nSPS) is 12.7. The molecular weight excluding hydrogens is 339 g/mol. The summed E-state index contributed by atoms with van der Waals surface area (Å²) in [5.74, 6) is -2.69. The number of hydrogen-bond acceptors (Lipinski definition) is 2. The molecule has 0 fully saturated rings. The minimum Gasteiger partial charge on any atom is -0.306 e. The van der Waals surface area contributed by atoms with Crippen LogP contribution in [0.5, 0.6) is 0 Å². The lowest BCUT2D eigenvalue weighted by Crippen LogP contribution is -2.24. The number of hydrogen-bond donors (Lipinski definition) is 1. The number of nitrogens with one attached hydrogen (secondary N) is 1. The summed E-state index contributed by atoms with van der Waals surface area (Å²) in [6.45, 7) is 2.37. The Hall–Kier alpha value is -0.850. The van der Waals surface area contributed by atoms with Crippen molar-refractivity contribution in [2.45, 2.75) is 13.0 Å². The van der Waals surface area contributed by atoms with Crippen LogP contribution in [0.1, 0.15) is 24.1 Å². The van der Waals surface area contributed by atoms with Gasteiger partial charge in [-0.25, -0.2) is 13.2 Å². The van der Waals surface area contributed by atoms with E-state index in [1.807, 2.05) is 12.3 Å². The van der Waals surface area contributed by atoms with Crippen molar-refractivity contribution in [1.29, 1.82) is 0 Å². The Bertz CT molecular complexity index is 562. The van der Waals surface area contributed by atoms with Crippen molar-refractivity contribution in [3.8, 4) is 0 Å². The molecule has 1 unspecified atom stereocenters. The van der Waals surface area contributed by atoms with Crippen molar-refractivity contribution in [2.24, 2.45) is 0 Å². The summed E-state index contributed by atoms with van der Waals surface area (Å²) < 4.78 is 41.5. The molecule has 1 atom stereocenters. The van der Waals surface area contributed by atoms with Gasteiger partial charge in [0.05, 0.1) is 6.04 Å². The van der Waals surface area contributed by atoms with Crippen LogP contribution in [0, 0.1) is 17.5 Å². The molecule has 6 heteroatoms. The highest BCUT2D eigenvalue weighted by Crippen LogP contribution is 2.34. The molecule has 0 aliphatic carbocycles. The number of benzene rings is 1. The fraction of sp³-hybridized carbons (Fsp3) is 0.231. The van der Waals surface area contributed by atoms with Crippen LogP contribution >= 0.6 is 27.3 Å². The molecule has 1 aromatic carbocycles. The first-order chi connectivity index (χ1) is 9.04. The molecule has 2 rings (SSSR count). The first-order valence-corrected chi connectivity index (χ1v) is 7.37. The fourth-order valence-electron chi connectivity index (χ4n) is 1.90. The van der Waals surface area contributed by atoms with Gasteiger partial charge in [0.1, 0.15) is 17.5 Å². The molecule has 1 aromatic heterocycles. The van der Waals surface area contributed by atoms with Crippen molar-refractivity contribution < 1.29 is 13.2 Å². The van der Waals surface area contributed by atoms with E-state index in [2.05, 4.69) is 21.2 Å². The lowest BCUT2D eigenvalue weighted by atomic mass is 10.00. The standard InChI is InChI=1S/C13H11BrF3NS/c1-2-18-13(8-5-19-6-9(8)14)12-10(16)3-7(15)4-11(12)17/h3-6,13,18H,2H2,1H3. The van der Waals surface area contributed by atoms with Gasteiger partial charge in [-0.05, 0) is 33.4 Å². The van der Waals surface area contributed by atoms with Gasteiger partial charge < -0.3 is 5.32 Å². The van der Waals surface area contributed by atoms with Crippen molar-refractivity contribution in [2.75, 3.05) is 6.54 Å². The Balaban J connectivity index is 2.54. The topological polar surface area (TPSA) is 12.0 Å². The second-order valence-electron chi connectivity index (χ2n) is 3.95. The van der Waals surface area contributed by atoms with Gasteiger partial charge in [-0.1, -0.05) is 6.92 Å². The molecule has 1 nitrogen and oxygen atoms in total. The van der Waals surface area contributed by atoms with E-state index in [0.29, 0.717) is 18.7 Å². The molecule has 102 valence electrons. The van der Waals surface area contributed by atoms with Crippen LogP contribution in [0.2, 0.25) is 0 Å². The Kier molecular flexibility index (Phi) is 4.65. The molecule has 0 aliphatic rings. The summed E-state index contributed by atoms with van der Waals surface area (Å²) in [6, 6.07) is 0.748. The van der Waals surface area contributed by atoms with Gasteiger partial charge in [-0.15, -0.1) is 0 Å². The molecule has 0 saturated heterocycles. The quantitative estimate of drug-likeness (QED) is 0.848. The predicted molar refractivity (Wildman–Crippen MR) is 73.9 cm³/mol. The maximum absolute atomic E-state index is 13.9. The van der Waals surface area contributed by atoms with Gasteiger partial charge in [-0.2, -0.15) is 11.3 Å². The zero-order valence-corrected chi connectivity index (χ0v) is 12.4. The van der Waals surface area contributed by atoms with Crippen LogP contribution in [0.25, 0.3) is 0 Å². The second kappa shape index (κ2) is 6.07. The van der Waals surface area contributed by atoms with Gasteiger partial charge >= 0.3 is 0 Å². The third-order valence-corrected chi connectivity index (χ3v) is 4.45. The molecule has 0 spiro atoms. The largest absolute Gasteiger partial charge is 0.306 e. The summed E-state index contributed by atoms with van der Waals surface area (Å²) in [7, 11) is 0. The summed E-state index contributed by atoms with van der Waals surface area (Å²) in [6.07, 6.45) is 0. The maximum Gasteiger partial charge on any atom is 0.134 e. The molecule has 1 N–H and O–H groups in total. The summed E-state index contributed by atoms with van der Waals surface area (Å²) >= 11 is 4.77. The average Bonchev–Trinajstić information content (AvgIpc) is 2.73. The van der Waals surface area contributed by atoms with Gasteiger partial charge in [0.25, 0.3) is 0 Å². The van der Waals surface area contributed by atoms with E-state index >= 15 is 0 Å². The SMILES string of the molecule is CCNC(c1cscc1Br)c1c(F)cc(F)cc1F. The molecule has 0 amide bonds. The first kappa shape index (κ1) is 14.6. The van der Waals surface area contributed by atoms with E-state index < -0.39 is 23.5 Å². The Morgan fingerprint density at radius 1 is 1.21 bits per heavy atom. The second-order valence-corrected chi connectivity index (χ2v) is 5.55. The van der Waals surface area contributed by atoms with E-state index in [-0.39, 0.29) is 5.56 Å². The molecule has 0 bridgehead atoms. The van der Waals surface area contributed by atoms with Crippen molar-refractivity contribution in [1.82, 2.24) is 5.32 Å². The van der Waals surface area contributed by atoms with Crippen LogP contribution in [-0.2, 0) is 0 Å². The molecule has 0 saturated carbocycles. The third-order valence-electron chi connectivity index (χ3n) is 2.69. The number of halogens is 4. The lowest BCUT2D eigenvalue weighted by molar-refractivity contribution is 0.492. The van der Waals surface area contributed by atoms with Crippen LogP contribution in [0.3, 0.4) is 0 Å². The highest BCUT2D eigenvalue weighted by atomic mass is 79.9. The number of rotatable bonds is 4. The smallest absolute Gasteiger partial charge is 0.134 e. The first-order valence-electron chi connectivity index (χ1n) is 5.64. The number of thiophene rings is 1. The van der Waals surface area contributed by atoms with E-state index in [9.17, 15) is 13.2 Å². The molecular formula is C13H11BrF3NS. The van der Waals surface area contributed by atoms with Gasteiger partial charge in [0, 0.05) is 27.5 Å². The Morgan fingerprint density at radius 2 is 1.84 bits per heavy atom. The van der Waals surface area contributed by atoms with Crippen LogP contribution < -0.4 is 5.32 Å². The molecule has 1 heterocycles. The minimum atomic E-state index is -0.918. The lowest BCUT2D eigenvalue weighted by Gasteiger charge is -2.19. The van der Waals surface area contributed by atoms with Gasteiger partial charge in [0.15, 0.2) is 0 Å². The minimum absolute atomic E-state index is 0.164. The predicted octanol–water partition coefficient (Wildman–Crippen LogP) is 4.63. The Morgan fingerprint density at radius 3 is 2.32 bits per heavy atom. The van der Waals surface area contributed by atoms with E-state index in [4.69, 9.17) is 0 Å². The highest BCUT2D eigenvalue weighted by Gasteiger charge is 2.24. The molecule has 0 aliphatic heterocycles. The average molecular weight is 350 g/mol. The maximum atomic E-state index is 13.9. The van der Waals surface area contributed by atoms with E-state index in [1.165, 1.54) is 11.3 Å². The van der Waals surface area contributed by atoms with Crippen LogP contribution in [0.4, 0.5) is 13.2 Å². The van der Waals surface area contributed by atoms with E-state index in [0.717, 1.165) is 10.0 Å². The van der Waals surface area contributed by atoms with Crippen LogP contribution in [-0.4, -0.2) is 6.54 Å². The molecule has 19 heavy (non-hydrogen) atoms. The molecule has 2 aromatic rings. The van der Waals surface area contributed by atoms with Crippen molar-refractivity contribution >= 4 is 27.3 Å². The molecule has 0 radical (unpaired) electrons. The van der Waals surface area contributed by atoms with E-state index in [1.54, 1.807) is 5.38 Å². The van der Waals surface area contributed by atoms with Crippen LogP contribution in [0.15, 0.2) is 27.4 Å². The van der Waals surface area contributed by atoms with Crippen molar-refractivity contribution in [3.05, 3.63) is 55.9 Å². The zero-order valence-electron chi connectivity index (χ0n) is 10.0. The Labute approximate surface area is 121 Å². The summed E-state index contributed by atoms with van der Waals surface area (Å²) in [5, 5.41) is 6.66. The highest BCUT2D eigenvalue weighted by molar-refractivity contribution is 9.10. The third kappa shape index (κ3) is 3.01. The van der Waals surface area contributed by atoms with Gasteiger partial charge in [-0.3, -0.25) is 0 Å². The zero-order chi connectivity index (χ0) is 14.0. The van der Waals surface area contributed by atoms with Gasteiger partial charge in [0.2, 0.25) is 0 Å². The summed E-state index contributed by atoms with van der Waals surface area (Å²) in [4.78, 5) is 0.